The number of hydrogen-bond donors (Lipinski definition) is 2. The molecule has 6 aromatic heterocycles. The lowest BCUT2D eigenvalue weighted by Gasteiger charge is -2.11. The number of benzene rings is 1. The van der Waals surface area contributed by atoms with Gasteiger partial charge in [-0.3, -0.25) is 9.97 Å². The van der Waals surface area contributed by atoms with Crippen molar-refractivity contribution in [3.05, 3.63) is 124 Å². The first-order valence-corrected chi connectivity index (χ1v) is 15.3. The van der Waals surface area contributed by atoms with E-state index in [0.717, 1.165) is 37.5 Å². The Morgan fingerprint density at radius 1 is 0.667 bits per heavy atom. The lowest BCUT2D eigenvalue weighted by molar-refractivity contribution is 0.398. The van der Waals surface area contributed by atoms with Crippen LogP contribution in [0, 0.1) is 0 Å². The highest BCUT2D eigenvalue weighted by molar-refractivity contribution is 9.11. The van der Waals surface area contributed by atoms with Gasteiger partial charge < -0.3 is 20.1 Å². The summed E-state index contributed by atoms with van der Waals surface area (Å²) in [5.74, 6) is 3.35. The van der Waals surface area contributed by atoms with Crippen molar-refractivity contribution in [2.45, 2.75) is 13.1 Å². The third kappa shape index (κ3) is 7.36. The molecule has 0 spiro atoms. The molecule has 0 unspecified atom stereocenters. The average Bonchev–Trinajstić information content (AvgIpc) is 3.66. The van der Waals surface area contributed by atoms with Gasteiger partial charge in [0.15, 0.2) is 11.3 Å². The molecule has 1 aromatic carbocycles. The largest absolute Gasteiger partial charge is 0.481 e. The van der Waals surface area contributed by atoms with E-state index in [-0.39, 0.29) is 0 Å². The predicted molar refractivity (Wildman–Crippen MR) is 178 cm³/mol. The lowest BCUT2D eigenvalue weighted by Crippen LogP contribution is -2.07. The van der Waals surface area contributed by atoms with Gasteiger partial charge in [-0.15, -0.1) is 0 Å². The molecular formula is C31H26Br2N10O2. The Labute approximate surface area is 274 Å². The molecule has 0 fully saturated rings. The van der Waals surface area contributed by atoms with Gasteiger partial charge in [0.2, 0.25) is 11.8 Å². The molecule has 0 saturated carbocycles. The summed E-state index contributed by atoms with van der Waals surface area (Å²) < 4.78 is 16.2. The highest BCUT2D eigenvalue weighted by Gasteiger charge is 2.12. The molecule has 6 heterocycles. The van der Waals surface area contributed by atoms with Gasteiger partial charge in [-0.05, 0) is 67.3 Å². The van der Waals surface area contributed by atoms with Gasteiger partial charge in [0.05, 0.1) is 28.4 Å². The van der Waals surface area contributed by atoms with Crippen LogP contribution in [0.4, 0.5) is 11.6 Å². The monoisotopic (exact) mass is 728 g/mol. The number of fused-ring (bicyclic) bond motifs is 2. The molecule has 0 saturated heterocycles. The summed E-state index contributed by atoms with van der Waals surface area (Å²) in [7, 11) is 1.59. The SMILES string of the molecule is Brc1cnn2c(NCc3cccnc3)cc(Oc3ccccc3)nc12.COc1cc(NCc2cccnc2)n2ncc(Br)c2n1. The van der Waals surface area contributed by atoms with Gasteiger partial charge in [-0.1, -0.05) is 30.3 Å². The Morgan fingerprint density at radius 2 is 1.20 bits per heavy atom. The van der Waals surface area contributed by atoms with Crippen molar-refractivity contribution < 1.29 is 9.47 Å². The van der Waals surface area contributed by atoms with E-state index >= 15 is 0 Å². The van der Waals surface area contributed by atoms with Gasteiger partial charge in [0, 0.05) is 50.0 Å². The number of para-hydroxylation sites is 1. The van der Waals surface area contributed by atoms with E-state index in [9.17, 15) is 0 Å². The van der Waals surface area contributed by atoms with Crippen molar-refractivity contribution in [3.8, 4) is 17.5 Å². The van der Waals surface area contributed by atoms with Crippen molar-refractivity contribution in [2.75, 3.05) is 17.7 Å². The van der Waals surface area contributed by atoms with Crippen LogP contribution >= 0.6 is 31.9 Å². The molecule has 0 atom stereocenters. The molecule has 0 radical (unpaired) electrons. The number of anilines is 2. The fourth-order valence-corrected chi connectivity index (χ4v) is 4.93. The highest BCUT2D eigenvalue weighted by atomic mass is 79.9. The van der Waals surface area contributed by atoms with Crippen LogP contribution in [0.2, 0.25) is 0 Å². The third-order valence-corrected chi connectivity index (χ3v) is 7.50. The van der Waals surface area contributed by atoms with Crippen LogP contribution in [0.15, 0.2) is 113 Å². The van der Waals surface area contributed by atoms with Crippen LogP contribution in [0.3, 0.4) is 0 Å². The van der Waals surface area contributed by atoms with Crippen LogP contribution in [0.1, 0.15) is 11.1 Å². The van der Waals surface area contributed by atoms with E-state index in [1.54, 1.807) is 40.9 Å². The van der Waals surface area contributed by atoms with Crippen LogP contribution in [-0.2, 0) is 13.1 Å². The molecule has 2 N–H and O–H groups in total. The molecule has 0 aliphatic carbocycles. The molecule has 226 valence electrons. The Morgan fingerprint density at radius 3 is 1.71 bits per heavy atom. The molecule has 0 aliphatic rings. The molecule has 12 nitrogen and oxygen atoms in total. The normalized spacial score (nSPS) is 10.7. The van der Waals surface area contributed by atoms with Gasteiger partial charge in [0.25, 0.3) is 0 Å². The third-order valence-electron chi connectivity index (χ3n) is 6.38. The standard InChI is InChI=1S/C18H14BrN5O.C13H12BrN5O/c19-15-12-22-24-16(21-11-13-5-4-8-20-10-13)9-17(23-18(15)24)25-14-6-2-1-3-7-14;1-20-12-5-11(16-7-9-3-2-4-15-6-9)19-13(18-12)10(14)8-17-19/h1-10,12,21H,11H2;2-6,8,16H,7H2,1H3. The molecule has 7 aromatic rings. The molecule has 7 rings (SSSR count). The summed E-state index contributed by atoms with van der Waals surface area (Å²) >= 11 is 6.90. The molecule has 14 heteroatoms. The summed E-state index contributed by atoms with van der Waals surface area (Å²) in [6.45, 7) is 1.27. The van der Waals surface area contributed by atoms with Gasteiger partial charge in [0.1, 0.15) is 17.4 Å². The number of nitrogens with one attached hydrogen (secondary N) is 2. The zero-order valence-corrected chi connectivity index (χ0v) is 27.1. The maximum absolute atomic E-state index is 5.88. The zero-order valence-electron chi connectivity index (χ0n) is 23.9. The Hall–Kier alpha value is -5.08. The fourth-order valence-electron chi connectivity index (χ4n) is 4.24. The number of rotatable bonds is 9. The van der Waals surface area contributed by atoms with Gasteiger partial charge >= 0.3 is 0 Å². The minimum Gasteiger partial charge on any atom is -0.481 e. The number of ether oxygens (including phenoxy) is 2. The van der Waals surface area contributed by atoms with Gasteiger partial charge in [-0.25, -0.2) is 0 Å². The first-order chi connectivity index (χ1) is 22.1. The fraction of sp³-hybridized carbons (Fsp3) is 0.0968. The van der Waals surface area contributed by atoms with Crippen molar-refractivity contribution in [1.29, 1.82) is 0 Å². The maximum atomic E-state index is 5.88. The smallest absolute Gasteiger partial charge is 0.224 e. The van der Waals surface area contributed by atoms with E-state index < -0.39 is 0 Å². The zero-order chi connectivity index (χ0) is 31.0. The Bertz CT molecular complexity index is 2010. The average molecular weight is 730 g/mol. The van der Waals surface area contributed by atoms with Crippen molar-refractivity contribution in [1.82, 2.24) is 39.2 Å². The van der Waals surface area contributed by atoms with Crippen LogP contribution in [-0.4, -0.2) is 46.3 Å². The van der Waals surface area contributed by atoms with Crippen LogP contribution in [0.25, 0.3) is 11.3 Å². The minimum atomic E-state index is 0.494. The van der Waals surface area contributed by atoms with E-state index in [0.29, 0.717) is 36.1 Å². The second-order valence-corrected chi connectivity index (χ2v) is 11.2. The van der Waals surface area contributed by atoms with Gasteiger partial charge in [-0.2, -0.15) is 29.2 Å². The van der Waals surface area contributed by atoms with E-state index in [2.05, 4.69) is 72.6 Å². The summed E-state index contributed by atoms with van der Waals surface area (Å²) in [5.41, 5.74) is 3.55. The Kier molecular flexibility index (Phi) is 9.41. The lowest BCUT2D eigenvalue weighted by atomic mass is 10.3. The molecule has 45 heavy (non-hydrogen) atoms. The second-order valence-electron chi connectivity index (χ2n) is 9.46. The predicted octanol–water partition coefficient (Wildman–Crippen LogP) is 6.80. The molecule has 0 aliphatic heterocycles. The number of nitrogens with zero attached hydrogens (tertiary/aromatic N) is 8. The Balaban J connectivity index is 0.000000163. The summed E-state index contributed by atoms with van der Waals surface area (Å²) in [6.07, 6.45) is 10.6. The number of aromatic nitrogens is 8. The number of halogens is 2. The number of hydrogen-bond acceptors (Lipinski definition) is 10. The number of pyridine rings is 2. The molecular weight excluding hydrogens is 704 g/mol. The van der Waals surface area contributed by atoms with E-state index in [1.165, 1.54) is 0 Å². The van der Waals surface area contributed by atoms with Crippen molar-refractivity contribution >= 4 is 54.8 Å². The summed E-state index contributed by atoms with van der Waals surface area (Å²) in [6, 6.07) is 21.0. The van der Waals surface area contributed by atoms with E-state index in [4.69, 9.17) is 9.47 Å². The molecule has 0 amide bonds. The summed E-state index contributed by atoms with van der Waals surface area (Å²) in [5, 5.41) is 15.3. The van der Waals surface area contributed by atoms with E-state index in [1.807, 2.05) is 79.1 Å². The molecule has 0 bridgehead atoms. The summed E-state index contributed by atoms with van der Waals surface area (Å²) in [4.78, 5) is 17.1. The number of methoxy groups -OCH3 is 1. The minimum absolute atomic E-state index is 0.494. The quantitative estimate of drug-likeness (QED) is 0.164. The van der Waals surface area contributed by atoms with Crippen molar-refractivity contribution in [3.63, 3.8) is 0 Å². The first kappa shape index (κ1) is 30.0. The first-order valence-electron chi connectivity index (χ1n) is 13.7. The highest BCUT2D eigenvalue weighted by Crippen LogP contribution is 2.27. The second kappa shape index (κ2) is 14.1. The van der Waals surface area contributed by atoms with Crippen molar-refractivity contribution in [2.24, 2.45) is 0 Å². The van der Waals surface area contributed by atoms with Crippen LogP contribution in [0.5, 0.6) is 17.5 Å². The topological polar surface area (TPSA) is 129 Å². The maximum Gasteiger partial charge on any atom is 0.224 e. The van der Waals surface area contributed by atoms with Crippen LogP contribution < -0.4 is 20.1 Å².